The van der Waals surface area contributed by atoms with Crippen LogP contribution >= 0.6 is 0 Å². The predicted octanol–water partition coefficient (Wildman–Crippen LogP) is 0.516. The minimum Gasteiger partial charge on any atom is -0.464 e. The Morgan fingerprint density at radius 1 is 1.54 bits per heavy atom. The van der Waals surface area contributed by atoms with Crippen LogP contribution in [0.15, 0.2) is 24.5 Å². The SMILES string of the molecule is COC(=O)c1cccc2ncnn12. The van der Waals surface area contributed by atoms with Crippen LogP contribution in [0.1, 0.15) is 10.5 Å². The third kappa shape index (κ3) is 1.14. The van der Waals surface area contributed by atoms with Crippen LogP contribution in [-0.4, -0.2) is 27.7 Å². The van der Waals surface area contributed by atoms with E-state index in [9.17, 15) is 4.79 Å². The van der Waals surface area contributed by atoms with Gasteiger partial charge in [-0.1, -0.05) is 6.07 Å². The summed E-state index contributed by atoms with van der Waals surface area (Å²) in [5.74, 6) is -0.420. The van der Waals surface area contributed by atoms with E-state index in [0.717, 1.165) is 0 Å². The van der Waals surface area contributed by atoms with E-state index >= 15 is 0 Å². The molecule has 13 heavy (non-hydrogen) atoms. The first-order valence-corrected chi connectivity index (χ1v) is 3.70. The monoisotopic (exact) mass is 177 g/mol. The number of esters is 1. The Bertz CT molecular complexity index is 449. The number of pyridine rings is 1. The highest BCUT2D eigenvalue weighted by Gasteiger charge is 2.10. The second kappa shape index (κ2) is 2.85. The third-order valence-electron chi connectivity index (χ3n) is 1.70. The van der Waals surface area contributed by atoms with E-state index in [1.807, 2.05) is 0 Å². The maximum atomic E-state index is 11.2. The smallest absolute Gasteiger partial charge is 0.356 e. The van der Waals surface area contributed by atoms with E-state index in [2.05, 4.69) is 14.8 Å². The molecule has 0 aliphatic rings. The highest BCUT2D eigenvalue weighted by Crippen LogP contribution is 2.04. The molecule has 0 spiro atoms. The summed E-state index contributed by atoms with van der Waals surface area (Å²) in [5, 5.41) is 3.89. The zero-order valence-corrected chi connectivity index (χ0v) is 6.97. The summed E-state index contributed by atoms with van der Waals surface area (Å²) < 4.78 is 6.02. The van der Waals surface area contributed by atoms with Crippen molar-refractivity contribution in [2.75, 3.05) is 7.11 Å². The van der Waals surface area contributed by atoms with Crippen molar-refractivity contribution < 1.29 is 9.53 Å². The Morgan fingerprint density at radius 2 is 2.38 bits per heavy atom. The number of fused-ring (bicyclic) bond motifs is 1. The van der Waals surface area contributed by atoms with Gasteiger partial charge < -0.3 is 4.74 Å². The van der Waals surface area contributed by atoms with Gasteiger partial charge in [0, 0.05) is 0 Å². The second-order valence-electron chi connectivity index (χ2n) is 2.43. The van der Waals surface area contributed by atoms with Gasteiger partial charge in [-0.25, -0.2) is 14.3 Å². The molecule has 0 radical (unpaired) electrons. The minimum atomic E-state index is -0.420. The molecule has 5 heteroatoms. The second-order valence-corrected chi connectivity index (χ2v) is 2.43. The molecular weight excluding hydrogens is 170 g/mol. The standard InChI is InChI=1S/C8H7N3O2/c1-13-8(12)6-3-2-4-7-9-5-10-11(6)7/h2-5H,1H3. The van der Waals surface area contributed by atoms with Crippen molar-refractivity contribution in [3.8, 4) is 0 Å². The molecule has 0 saturated carbocycles. The Hall–Kier alpha value is -1.91. The van der Waals surface area contributed by atoms with Gasteiger partial charge in [-0.15, -0.1) is 0 Å². The van der Waals surface area contributed by atoms with E-state index in [1.165, 1.54) is 18.0 Å². The van der Waals surface area contributed by atoms with Crippen LogP contribution < -0.4 is 0 Å². The third-order valence-corrected chi connectivity index (χ3v) is 1.70. The highest BCUT2D eigenvalue weighted by atomic mass is 16.5. The average molecular weight is 177 g/mol. The fourth-order valence-corrected chi connectivity index (χ4v) is 1.10. The largest absolute Gasteiger partial charge is 0.464 e. The van der Waals surface area contributed by atoms with E-state index in [0.29, 0.717) is 11.3 Å². The van der Waals surface area contributed by atoms with Crippen molar-refractivity contribution >= 4 is 11.6 Å². The van der Waals surface area contributed by atoms with Gasteiger partial charge in [-0.3, -0.25) is 0 Å². The zero-order chi connectivity index (χ0) is 9.26. The molecule has 0 fully saturated rings. The van der Waals surface area contributed by atoms with Gasteiger partial charge in [0.05, 0.1) is 7.11 Å². The molecule has 0 unspecified atom stereocenters. The van der Waals surface area contributed by atoms with Gasteiger partial charge in [0.2, 0.25) is 0 Å². The number of hydrogen-bond donors (Lipinski definition) is 0. The molecule has 2 heterocycles. The van der Waals surface area contributed by atoms with Crippen LogP contribution in [0.2, 0.25) is 0 Å². The molecule has 66 valence electrons. The van der Waals surface area contributed by atoms with E-state index in [-0.39, 0.29) is 0 Å². The van der Waals surface area contributed by atoms with Crippen molar-refractivity contribution in [3.63, 3.8) is 0 Å². The molecule has 0 amide bonds. The number of carbonyl (C=O) groups excluding carboxylic acids is 1. The molecule has 2 rings (SSSR count). The van der Waals surface area contributed by atoms with E-state index < -0.39 is 5.97 Å². The minimum absolute atomic E-state index is 0.373. The molecule has 0 saturated heterocycles. The lowest BCUT2D eigenvalue weighted by molar-refractivity contribution is 0.0591. The molecule has 0 bridgehead atoms. The zero-order valence-electron chi connectivity index (χ0n) is 6.97. The Kier molecular flexibility index (Phi) is 1.70. The first-order chi connectivity index (χ1) is 6.33. The van der Waals surface area contributed by atoms with E-state index in [4.69, 9.17) is 0 Å². The number of carbonyl (C=O) groups is 1. The van der Waals surface area contributed by atoms with Gasteiger partial charge in [0.1, 0.15) is 6.33 Å². The molecule has 0 aliphatic carbocycles. The quantitative estimate of drug-likeness (QED) is 0.596. The van der Waals surface area contributed by atoms with Crippen molar-refractivity contribution in [1.82, 2.24) is 14.6 Å². The fourth-order valence-electron chi connectivity index (χ4n) is 1.10. The van der Waals surface area contributed by atoms with Crippen LogP contribution in [0.4, 0.5) is 0 Å². The van der Waals surface area contributed by atoms with E-state index in [1.54, 1.807) is 18.2 Å². The summed E-state index contributed by atoms with van der Waals surface area (Å²) >= 11 is 0. The molecule has 0 atom stereocenters. The van der Waals surface area contributed by atoms with Crippen LogP contribution in [0, 0.1) is 0 Å². The van der Waals surface area contributed by atoms with Crippen LogP contribution in [0.25, 0.3) is 5.65 Å². The summed E-state index contributed by atoms with van der Waals surface area (Å²) in [6.07, 6.45) is 1.39. The highest BCUT2D eigenvalue weighted by molar-refractivity contribution is 5.88. The molecule has 2 aromatic rings. The summed E-state index contributed by atoms with van der Waals surface area (Å²) in [6, 6.07) is 5.13. The summed E-state index contributed by atoms with van der Waals surface area (Å²) in [5.41, 5.74) is 1.00. The normalized spacial score (nSPS) is 10.2. The molecule has 0 aromatic carbocycles. The van der Waals surface area contributed by atoms with Crippen LogP contribution in [0.3, 0.4) is 0 Å². The lowest BCUT2D eigenvalue weighted by Crippen LogP contribution is -2.08. The van der Waals surface area contributed by atoms with Crippen LogP contribution in [-0.2, 0) is 4.74 Å². The Balaban J connectivity index is 2.67. The molecule has 5 nitrogen and oxygen atoms in total. The molecule has 0 N–H and O–H groups in total. The number of nitrogens with zero attached hydrogens (tertiary/aromatic N) is 3. The first kappa shape index (κ1) is 7.72. The van der Waals surface area contributed by atoms with Crippen molar-refractivity contribution in [2.24, 2.45) is 0 Å². The maximum absolute atomic E-state index is 11.2. The van der Waals surface area contributed by atoms with Crippen molar-refractivity contribution in [3.05, 3.63) is 30.2 Å². The first-order valence-electron chi connectivity index (χ1n) is 3.70. The molecular formula is C8H7N3O2. The molecule has 2 aromatic heterocycles. The van der Waals surface area contributed by atoms with Gasteiger partial charge in [-0.05, 0) is 12.1 Å². The lowest BCUT2D eigenvalue weighted by atomic mass is 10.3. The van der Waals surface area contributed by atoms with Crippen molar-refractivity contribution in [1.29, 1.82) is 0 Å². The molecule has 0 aliphatic heterocycles. The maximum Gasteiger partial charge on any atom is 0.356 e. The van der Waals surface area contributed by atoms with Crippen LogP contribution in [0.5, 0.6) is 0 Å². The van der Waals surface area contributed by atoms with Gasteiger partial charge in [0.15, 0.2) is 11.3 Å². The number of hydrogen-bond acceptors (Lipinski definition) is 4. The number of methoxy groups -OCH3 is 1. The summed E-state index contributed by atoms with van der Waals surface area (Å²) in [6.45, 7) is 0. The number of aromatic nitrogens is 3. The topological polar surface area (TPSA) is 56.5 Å². The summed E-state index contributed by atoms with van der Waals surface area (Å²) in [4.78, 5) is 15.2. The lowest BCUT2D eigenvalue weighted by Gasteiger charge is -2.00. The van der Waals surface area contributed by atoms with Gasteiger partial charge in [0.25, 0.3) is 0 Å². The van der Waals surface area contributed by atoms with Gasteiger partial charge >= 0.3 is 5.97 Å². The summed E-state index contributed by atoms with van der Waals surface area (Å²) in [7, 11) is 1.33. The van der Waals surface area contributed by atoms with Gasteiger partial charge in [-0.2, -0.15) is 5.10 Å². The number of ether oxygens (including phenoxy) is 1. The fraction of sp³-hybridized carbons (Fsp3) is 0.125. The average Bonchev–Trinajstić information content (AvgIpc) is 2.63. The predicted molar refractivity (Wildman–Crippen MR) is 44.3 cm³/mol. The van der Waals surface area contributed by atoms with Crippen molar-refractivity contribution in [2.45, 2.75) is 0 Å². The number of rotatable bonds is 1. The Morgan fingerprint density at radius 3 is 3.15 bits per heavy atom. The Labute approximate surface area is 74.0 Å².